The van der Waals surface area contributed by atoms with E-state index in [2.05, 4.69) is 20.9 Å². The monoisotopic (exact) mass is 696 g/mol. The number of ether oxygens (including phenoxy) is 1. The summed E-state index contributed by atoms with van der Waals surface area (Å²) in [4.78, 5) is 59.4. The van der Waals surface area contributed by atoms with Crippen LogP contribution in [-0.4, -0.2) is 91.4 Å². The van der Waals surface area contributed by atoms with Crippen LogP contribution in [0.4, 0.5) is 0 Å². The molecule has 4 atom stereocenters. The number of thioether (sulfide) groups is 1. The second kappa shape index (κ2) is 16.0. The first-order valence-electron chi connectivity index (χ1n) is 15.6. The van der Waals surface area contributed by atoms with Crippen LogP contribution >= 0.6 is 23.7 Å². The van der Waals surface area contributed by atoms with Crippen LogP contribution in [0.25, 0.3) is 10.8 Å². The van der Waals surface area contributed by atoms with Crippen molar-refractivity contribution in [2.45, 2.75) is 75.6 Å². The molecular weight excluding hydrogens is 653 g/mol. The average Bonchev–Trinajstić information content (AvgIpc) is 3.36. The minimum Gasteiger partial charge on any atom is -0.483 e. The Labute approximate surface area is 289 Å². The van der Waals surface area contributed by atoms with Gasteiger partial charge in [0.1, 0.15) is 17.8 Å². The van der Waals surface area contributed by atoms with E-state index < -0.39 is 52.2 Å². The third kappa shape index (κ3) is 9.62. The SMILES string of the molecule is CC(C)(C)NC(=O)[C@H]1N(C(=O)[C@@H](O)[C@H](Cc2ccccc2)NC(=O)[C@H](CSN)NC(=O)COc2cccc3cnccc23)CSC1(C)C. The molecule has 1 aliphatic rings. The third-order valence-corrected chi connectivity index (χ3v) is 9.65. The summed E-state index contributed by atoms with van der Waals surface area (Å²) in [6.45, 7) is 8.96. The van der Waals surface area contributed by atoms with Crippen LogP contribution in [0.3, 0.4) is 0 Å². The van der Waals surface area contributed by atoms with Gasteiger partial charge in [0.15, 0.2) is 12.7 Å². The largest absolute Gasteiger partial charge is 0.483 e. The molecule has 0 bridgehead atoms. The Morgan fingerprint density at radius 3 is 2.52 bits per heavy atom. The number of aliphatic hydroxyl groups is 1. The Bertz CT molecular complexity index is 1600. The molecule has 48 heavy (non-hydrogen) atoms. The zero-order valence-electron chi connectivity index (χ0n) is 27.8. The molecule has 1 fully saturated rings. The Morgan fingerprint density at radius 2 is 1.83 bits per heavy atom. The van der Waals surface area contributed by atoms with Gasteiger partial charge in [-0.1, -0.05) is 54.4 Å². The molecule has 4 amide bonds. The van der Waals surface area contributed by atoms with Crippen molar-refractivity contribution in [2.75, 3.05) is 18.2 Å². The van der Waals surface area contributed by atoms with Crippen molar-refractivity contribution < 1.29 is 29.0 Å². The number of pyridine rings is 1. The molecule has 6 N–H and O–H groups in total. The summed E-state index contributed by atoms with van der Waals surface area (Å²) in [5.74, 6) is -1.51. The number of rotatable bonds is 13. The zero-order chi connectivity index (χ0) is 35.1. The first kappa shape index (κ1) is 37.0. The van der Waals surface area contributed by atoms with Crippen molar-refractivity contribution in [3.8, 4) is 5.75 Å². The molecule has 258 valence electrons. The highest BCUT2D eigenvalue weighted by molar-refractivity contribution is 8.00. The van der Waals surface area contributed by atoms with Crippen molar-refractivity contribution in [1.82, 2.24) is 25.8 Å². The van der Waals surface area contributed by atoms with Gasteiger partial charge in [-0.05, 0) is 58.7 Å². The summed E-state index contributed by atoms with van der Waals surface area (Å²) >= 11 is 2.30. The second-order valence-electron chi connectivity index (χ2n) is 13.2. The number of nitrogens with zero attached hydrogens (tertiary/aromatic N) is 2. The highest BCUT2D eigenvalue weighted by Gasteiger charge is 2.50. The van der Waals surface area contributed by atoms with Crippen molar-refractivity contribution in [2.24, 2.45) is 5.14 Å². The summed E-state index contributed by atoms with van der Waals surface area (Å²) in [5, 5.41) is 27.3. The van der Waals surface area contributed by atoms with Crippen molar-refractivity contribution in [3.63, 3.8) is 0 Å². The van der Waals surface area contributed by atoms with Crippen LogP contribution in [0.2, 0.25) is 0 Å². The first-order valence-corrected chi connectivity index (χ1v) is 17.6. The Kier molecular flexibility index (Phi) is 12.4. The van der Waals surface area contributed by atoms with E-state index in [1.807, 2.05) is 71.0 Å². The molecule has 2 aromatic carbocycles. The van der Waals surface area contributed by atoms with E-state index in [-0.39, 0.29) is 30.6 Å². The van der Waals surface area contributed by atoms with E-state index in [0.717, 1.165) is 28.3 Å². The maximum absolute atomic E-state index is 13.9. The minimum absolute atomic E-state index is 0.0195. The van der Waals surface area contributed by atoms with Gasteiger partial charge in [-0.15, -0.1) is 11.8 Å². The lowest BCUT2D eigenvalue weighted by atomic mass is 9.96. The van der Waals surface area contributed by atoms with Gasteiger partial charge < -0.3 is 30.7 Å². The Hall–Kier alpha value is -3.85. The lowest BCUT2D eigenvalue weighted by molar-refractivity contribution is -0.148. The highest BCUT2D eigenvalue weighted by atomic mass is 32.2. The topological polar surface area (TPSA) is 176 Å². The number of benzene rings is 2. The number of carbonyl (C=O) groups excluding carboxylic acids is 4. The first-order chi connectivity index (χ1) is 22.7. The van der Waals surface area contributed by atoms with Gasteiger partial charge in [0.05, 0.1) is 11.9 Å². The molecule has 1 saturated heterocycles. The maximum atomic E-state index is 13.9. The van der Waals surface area contributed by atoms with Crippen LogP contribution < -0.4 is 25.8 Å². The van der Waals surface area contributed by atoms with E-state index >= 15 is 0 Å². The molecule has 1 aliphatic heterocycles. The number of nitrogens with one attached hydrogen (secondary N) is 3. The van der Waals surface area contributed by atoms with Crippen molar-refractivity contribution in [3.05, 3.63) is 72.6 Å². The summed E-state index contributed by atoms with van der Waals surface area (Å²) in [7, 11) is 0. The molecule has 4 rings (SSSR count). The van der Waals surface area contributed by atoms with Gasteiger partial charge in [-0.25, -0.2) is 0 Å². The third-order valence-electron chi connectivity index (χ3n) is 7.75. The fraction of sp³-hybridized carbons (Fsp3) is 0.441. The minimum atomic E-state index is -1.69. The fourth-order valence-electron chi connectivity index (χ4n) is 5.46. The normalized spacial score (nSPS) is 17.6. The molecule has 0 aliphatic carbocycles. The van der Waals surface area contributed by atoms with Gasteiger partial charge in [0, 0.05) is 39.2 Å². The molecule has 0 unspecified atom stereocenters. The number of nitrogens with two attached hydrogens (primary N) is 1. The molecule has 14 heteroatoms. The lowest BCUT2D eigenvalue weighted by Gasteiger charge is -2.35. The lowest BCUT2D eigenvalue weighted by Crippen LogP contribution is -2.61. The van der Waals surface area contributed by atoms with E-state index in [9.17, 15) is 24.3 Å². The summed E-state index contributed by atoms with van der Waals surface area (Å²) in [6.07, 6.45) is 1.73. The van der Waals surface area contributed by atoms with Crippen LogP contribution in [-0.2, 0) is 25.6 Å². The number of aliphatic hydroxyl groups excluding tert-OH is 1. The molecule has 0 spiro atoms. The second-order valence-corrected chi connectivity index (χ2v) is 15.4. The van der Waals surface area contributed by atoms with E-state index in [0.29, 0.717) is 5.75 Å². The summed E-state index contributed by atoms with van der Waals surface area (Å²) < 4.78 is 5.15. The van der Waals surface area contributed by atoms with Gasteiger partial charge >= 0.3 is 0 Å². The van der Waals surface area contributed by atoms with Crippen LogP contribution in [0.1, 0.15) is 40.2 Å². The van der Waals surface area contributed by atoms with Gasteiger partial charge in [0.2, 0.25) is 11.8 Å². The van der Waals surface area contributed by atoms with E-state index in [1.165, 1.54) is 16.7 Å². The molecule has 2 heterocycles. The average molecular weight is 697 g/mol. The predicted molar refractivity (Wildman–Crippen MR) is 189 cm³/mol. The van der Waals surface area contributed by atoms with Gasteiger partial charge in [0.25, 0.3) is 11.8 Å². The fourth-order valence-corrected chi connectivity index (χ4v) is 7.03. The van der Waals surface area contributed by atoms with Gasteiger partial charge in [-0.3, -0.25) is 29.3 Å². The van der Waals surface area contributed by atoms with Crippen LogP contribution in [0.15, 0.2) is 67.0 Å². The van der Waals surface area contributed by atoms with Crippen LogP contribution in [0.5, 0.6) is 5.75 Å². The molecule has 3 aromatic rings. The molecule has 1 aromatic heterocycles. The maximum Gasteiger partial charge on any atom is 0.258 e. The molecule has 12 nitrogen and oxygen atoms in total. The number of fused-ring (bicyclic) bond motifs is 1. The molecule has 0 saturated carbocycles. The van der Waals surface area contributed by atoms with Crippen molar-refractivity contribution in [1.29, 1.82) is 0 Å². The van der Waals surface area contributed by atoms with Gasteiger partial charge in [-0.2, -0.15) is 0 Å². The number of hydrogen-bond acceptors (Lipinski definition) is 10. The molecule has 0 radical (unpaired) electrons. The quantitative estimate of drug-likeness (QED) is 0.167. The van der Waals surface area contributed by atoms with E-state index in [1.54, 1.807) is 30.6 Å². The summed E-state index contributed by atoms with van der Waals surface area (Å²) in [5.41, 5.74) is 0.232. The Balaban J connectivity index is 1.50. The number of aromatic nitrogens is 1. The van der Waals surface area contributed by atoms with E-state index in [4.69, 9.17) is 9.88 Å². The number of carbonyl (C=O) groups is 4. The predicted octanol–water partition coefficient (Wildman–Crippen LogP) is 2.39. The smallest absolute Gasteiger partial charge is 0.258 e. The van der Waals surface area contributed by atoms with Crippen molar-refractivity contribution >= 4 is 58.1 Å². The zero-order valence-corrected chi connectivity index (χ0v) is 29.4. The number of amides is 4. The molecular formula is C34H44N6O6S2. The van der Waals surface area contributed by atoms with Crippen LogP contribution in [0, 0.1) is 0 Å². The number of hydrogen-bond donors (Lipinski definition) is 5. The Morgan fingerprint density at radius 1 is 1.10 bits per heavy atom. The summed E-state index contributed by atoms with van der Waals surface area (Å²) in [6, 6.07) is 13.3. The standard InChI is InChI=1S/C34H44N6O6S2/c1-33(2,3)39-31(44)29-34(4,5)47-20-40(29)32(45)28(42)24(16-21-10-7-6-8-11-21)38-30(43)25(19-48-35)37-27(41)18-46-26-13-9-12-22-17-36-15-14-23(22)26/h6-15,17,24-25,28-29,42H,16,18-20,35H2,1-5H3,(H,37,41)(H,38,43)(H,39,44)/t24-,25-,28-,29+/m0/s1. The highest BCUT2D eigenvalue weighted by Crippen LogP contribution is 2.40.